The molecule has 0 aromatic carbocycles. The van der Waals surface area contributed by atoms with Gasteiger partial charge in [0.05, 0.1) is 18.3 Å². The molecule has 92 valence electrons. The third-order valence-corrected chi connectivity index (χ3v) is 3.25. The third kappa shape index (κ3) is 3.19. The van der Waals surface area contributed by atoms with Gasteiger partial charge in [-0.3, -0.25) is 9.78 Å². The molecular weight excluding hydrogens is 214 g/mol. The Labute approximate surface area is 102 Å². The maximum Gasteiger partial charge on any atom is 0.226 e. The molecule has 0 aliphatic heterocycles. The number of nitrogen functional groups attached to an aromatic ring is 1. The van der Waals surface area contributed by atoms with Crippen molar-refractivity contribution in [3.05, 3.63) is 24.0 Å². The van der Waals surface area contributed by atoms with E-state index in [1.807, 2.05) is 0 Å². The molecule has 0 radical (unpaired) electrons. The minimum absolute atomic E-state index is 0.0270. The molecule has 17 heavy (non-hydrogen) atoms. The average Bonchev–Trinajstić information content (AvgIpc) is 3.04. The van der Waals surface area contributed by atoms with Gasteiger partial charge in [-0.1, -0.05) is 0 Å². The number of nitrogens with zero attached hydrogens (tertiary/aromatic N) is 1. The number of nitrogens with one attached hydrogen (secondary N) is 1. The van der Waals surface area contributed by atoms with Crippen LogP contribution in [0.15, 0.2) is 18.3 Å². The summed E-state index contributed by atoms with van der Waals surface area (Å²) in [6.07, 6.45) is 4.33. The van der Waals surface area contributed by atoms with Crippen LogP contribution in [0.25, 0.3) is 0 Å². The van der Waals surface area contributed by atoms with E-state index in [0.29, 0.717) is 18.0 Å². The Morgan fingerprint density at radius 2 is 2.24 bits per heavy atom. The van der Waals surface area contributed by atoms with Crippen molar-refractivity contribution in [3.63, 3.8) is 0 Å². The third-order valence-electron chi connectivity index (χ3n) is 3.25. The zero-order chi connectivity index (χ0) is 12.5. The zero-order valence-corrected chi connectivity index (χ0v) is 10.4. The molecule has 1 aromatic heterocycles. The molecule has 4 heteroatoms. The van der Waals surface area contributed by atoms with Crippen molar-refractivity contribution in [1.82, 2.24) is 10.3 Å². The van der Waals surface area contributed by atoms with Gasteiger partial charge in [-0.15, -0.1) is 0 Å². The summed E-state index contributed by atoms with van der Waals surface area (Å²) in [4.78, 5) is 16.0. The lowest BCUT2D eigenvalue weighted by Crippen LogP contribution is -2.45. The normalized spacial score (nSPS) is 15.6. The second-order valence-electron chi connectivity index (χ2n) is 5.30. The quantitative estimate of drug-likeness (QED) is 0.828. The van der Waals surface area contributed by atoms with E-state index >= 15 is 0 Å². The highest BCUT2D eigenvalue weighted by atomic mass is 16.1. The van der Waals surface area contributed by atoms with E-state index in [1.165, 1.54) is 12.8 Å². The molecule has 4 nitrogen and oxygen atoms in total. The van der Waals surface area contributed by atoms with E-state index in [1.54, 1.807) is 18.3 Å². The van der Waals surface area contributed by atoms with Crippen LogP contribution in [-0.2, 0) is 11.2 Å². The van der Waals surface area contributed by atoms with Crippen LogP contribution in [0.5, 0.6) is 0 Å². The number of carbonyl (C=O) groups is 1. The van der Waals surface area contributed by atoms with E-state index in [9.17, 15) is 4.79 Å². The molecule has 0 bridgehead atoms. The van der Waals surface area contributed by atoms with Gasteiger partial charge in [-0.25, -0.2) is 0 Å². The molecule has 2 rings (SSSR count). The summed E-state index contributed by atoms with van der Waals surface area (Å²) in [6.45, 7) is 4.16. The summed E-state index contributed by atoms with van der Waals surface area (Å²) < 4.78 is 0. The molecule has 3 N–H and O–H groups in total. The first-order chi connectivity index (χ1) is 7.97. The van der Waals surface area contributed by atoms with Crippen molar-refractivity contribution in [2.75, 3.05) is 5.73 Å². The first-order valence-corrected chi connectivity index (χ1v) is 5.99. The predicted molar refractivity (Wildman–Crippen MR) is 67.3 cm³/mol. The van der Waals surface area contributed by atoms with Crippen molar-refractivity contribution >= 4 is 11.6 Å². The van der Waals surface area contributed by atoms with Gasteiger partial charge < -0.3 is 11.1 Å². The van der Waals surface area contributed by atoms with Gasteiger partial charge in [-0.2, -0.15) is 0 Å². The SMILES string of the molecule is CC(C)(NC(=O)Cc1ccc(N)cn1)C1CC1. The van der Waals surface area contributed by atoms with Crippen LogP contribution >= 0.6 is 0 Å². The summed E-state index contributed by atoms with van der Waals surface area (Å²) in [5.41, 5.74) is 6.82. The molecule has 1 aliphatic carbocycles. The van der Waals surface area contributed by atoms with E-state index in [4.69, 9.17) is 5.73 Å². The van der Waals surface area contributed by atoms with Gasteiger partial charge in [0.1, 0.15) is 0 Å². The lowest BCUT2D eigenvalue weighted by molar-refractivity contribution is -0.122. The standard InChI is InChI=1S/C13H19N3O/c1-13(2,9-3-4-9)16-12(17)7-11-6-5-10(14)8-15-11/h5-6,8-9H,3-4,7,14H2,1-2H3,(H,16,17). The number of anilines is 1. The first kappa shape index (κ1) is 11.9. The summed E-state index contributed by atoms with van der Waals surface area (Å²) >= 11 is 0. The molecular formula is C13H19N3O. The average molecular weight is 233 g/mol. The Hall–Kier alpha value is -1.58. The number of hydrogen-bond donors (Lipinski definition) is 2. The van der Waals surface area contributed by atoms with Crippen LogP contribution in [-0.4, -0.2) is 16.4 Å². The van der Waals surface area contributed by atoms with E-state index in [-0.39, 0.29) is 11.4 Å². The Bertz CT molecular complexity index is 407. The van der Waals surface area contributed by atoms with Gasteiger partial charge in [0, 0.05) is 11.2 Å². The highest BCUT2D eigenvalue weighted by Gasteiger charge is 2.38. The van der Waals surface area contributed by atoms with Crippen LogP contribution in [0, 0.1) is 5.92 Å². The maximum absolute atomic E-state index is 11.9. The van der Waals surface area contributed by atoms with E-state index < -0.39 is 0 Å². The van der Waals surface area contributed by atoms with E-state index in [2.05, 4.69) is 24.1 Å². The number of aromatic nitrogens is 1. The fourth-order valence-corrected chi connectivity index (χ4v) is 2.02. The molecule has 0 spiro atoms. The van der Waals surface area contributed by atoms with Crippen molar-refractivity contribution in [3.8, 4) is 0 Å². The number of hydrogen-bond acceptors (Lipinski definition) is 3. The minimum Gasteiger partial charge on any atom is -0.397 e. The van der Waals surface area contributed by atoms with E-state index in [0.717, 1.165) is 5.69 Å². The van der Waals surface area contributed by atoms with Crippen molar-refractivity contribution in [2.45, 2.75) is 38.6 Å². The summed E-state index contributed by atoms with van der Waals surface area (Å²) in [5.74, 6) is 0.657. The second kappa shape index (κ2) is 4.35. The number of pyridine rings is 1. The number of carbonyl (C=O) groups excluding carboxylic acids is 1. The number of amides is 1. The van der Waals surface area contributed by atoms with Crippen LogP contribution in [0.4, 0.5) is 5.69 Å². The van der Waals surface area contributed by atoms with Crippen LogP contribution in [0.2, 0.25) is 0 Å². The monoisotopic (exact) mass is 233 g/mol. The summed E-state index contributed by atoms with van der Waals surface area (Å²) in [7, 11) is 0. The van der Waals surface area contributed by atoms with Crippen molar-refractivity contribution in [2.24, 2.45) is 5.92 Å². The van der Waals surface area contributed by atoms with Gasteiger partial charge in [0.25, 0.3) is 0 Å². The van der Waals surface area contributed by atoms with Crippen molar-refractivity contribution < 1.29 is 4.79 Å². The van der Waals surface area contributed by atoms with Gasteiger partial charge in [0.2, 0.25) is 5.91 Å². The molecule has 0 saturated heterocycles. The Morgan fingerprint density at radius 3 is 2.76 bits per heavy atom. The Balaban J connectivity index is 1.90. The van der Waals surface area contributed by atoms with Crippen molar-refractivity contribution in [1.29, 1.82) is 0 Å². The topological polar surface area (TPSA) is 68.0 Å². The summed E-state index contributed by atoms with van der Waals surface area (Å²) in [6, 6.07) is 3.56. The molecule has 1 heterocycles. The second-order valence-corrected chi connectivity index (χ2v) is 5.30. The molecule has 1 aliphatic rings. The first-order valence-electron chi connectivity index (χ1n) is 5.99. The largest absolute Gasteiger partial charge is 0.397 e. The molecule has 0 unspecified atom stereocenters. The van der Waals surface area contributed by atoms with Crippen LogP contribution in [0.1, 0.15) is 32.4 Å². The predicted octanol–water partition coefficient (Wildman–Crippen LogP) is 1.51. The smallest absolute Gasteiger partial charge is 0.226 e. The number of nitrogens with two attached hydrogens (primary N) is 1. The Morgan fingerprint density at radius 1 is 1.53 bits per heavy atom. The molecule has 1 saturated carbocycles. The van der Waals surface area contributed by atoms with Gasteiger partial charge in [0.15, 0.2) is 0 Å². The number of rotatable bonds is 4. The molecule has 0 atom stereocenters. The molecule has 1 fully saturated rings. The summed E-state index contributed by atoms with van der Waals surface area (Å²) in [5, 5.41) is 3.07. The van der Waals surface area contributed by atoms with Gasteiger partial charge >= 0.3 is 0 Å². The van der Waals surface area contributed by atoms with Crippen LogP contribution < -0.4 is 11.1 Å². The maximum atomic E-state index is 11.9. The Kier molecular flexibility index (Phi) is 3.05. The molecule has 1 amide bonds. The van der Waals surface area contributed by atoms with Crippen LogP contribution in [0.3, 0.4) is 0 Å². The highest BCUT2D eigenvalue weighted by molar-refractivity contribution is 5.79. The lowest BCUT2D eigenvalue weighted by atomic mass is 9.98. The molecule has 1 aromatic rings. The fourth-order valence-electron chi connectivity index (χ4n) is 2.02. The fraction of sp³-hybridized carbons (Fsp3) is 0.538. The zero-order valence-electron chi connectivity index (χ0n) is 10.4. The van der Waals surface area contributed by atoms with Gasteiger partial charge in [-0.05, 0) is 44.7 Å². The highest BCUT2D eigenvalue weighted by Crippen LogP contribution is 2.39. The minimum atomic E-state index is -0.0924. The lowest BCUT2D eigenvalue weighted by Gasteiger charge is -2.26.